The van der Waals surface area contributed by atoms with E-state index in [9.17, 15) is 9.90 Å². The standard InChI is InChI=1S/C22H18ClN3O2S/c1-12-11-29-21-17(27)7-16-20(19(12)21)14(8-23)10-26(16)18(28)5-4-13-9-25-22-15(13)3-2-6-24-22/h2-7,9,11,14,27H,8,10H2,1H3,(H,24,25)/t14-/m1/s1. The van der Waals surface area contributed by atoms with Crippen molar-refractivity contribution in [2.75, 3.05) is 17.3 Å². The Hall–Kier alpha value is -2.83. The summed E-state index contributed by atoms with van der Waals surface area (Å²) in [5, 5.41) is 14.5. The number of benzene rings is 1. The molecule has 29 heavy (non-hydrogen) atoms. The number of phenolic OH excluding ortho intramolecular Hbond substituents is 1. The molecule has 4 heterocycles. The number of phenols is 1. The van der Waals surface area contributed by atoms with Gasteiger partial charge in [0.25, 0.3) is 5.91 Å². The number of aromatic hydroxyl groups is 1. The number of aromatic amines is 1. The molecule has 146 valence electrons. The molecule has 1 aliphatic rings. The zero-order chi connectivity index (χ0) is 20.1. The number of rotatable bonds is 3. The number of H-pyrrole nitrogens is 1. The van der Waals surface area contributed by atoms with Gasteiger partial charge in [-0.1, -0.05) is 0 Å². The first-order valence-electron chi connectivity index (χ1n) is 9.29. The normalized spacial score (nSPS) is 16.3. The molecule has 5 rings (SSSR count). The van der Waals surface area contributed by atoms with Crippen LogP contribution in [0.25, 0.3) is 27.2 Å². The number of amides is 1. The largest absolute Gasteiger partial charge is 0.506 e. The molecule has 3 aromatic heterocycles. The van der Waals surface area contributed by atoms with Crippen LogP contribution in [-0.2, 0) is 4.79 Å². The van der Waals surface area contributed by atoms with Crippen molar-refractivity contribution < 1.29 is 9.90 Å². The van der Waals surface area contributed by atoms with Gasteiger partial charge < -0.3 is 15.0 Å². The number of thiophene rings is 1. The Labute approximate surface area is 176 Å². The number of nitrogens with zero attached hydrogens (tertiary/aromatic N) is 2. The Morgan fingerprint density at radius 2 is 2.38 bits per heavy atom. The van der Waals surface area contributed by atoms with Crippen LogP contribution in [0.3, 0.4) is 0 Å². The van der Waals surface area contributed by atoms with Crippen LogP contribution in [0.15, 0.2) is 42.0 Å². The predicted octanol–water partition coefficient (Wildman–Crippen LogP) is 5.17. The molecule has 0 unspecified atom stereocenters. The van der Waals surface area contributed by atoms with E-state index in [0.29, 0.717) is 12.4 Å². The Morgan fingerprint density at radius 1 is 1.52 bits per heavy atom. The number of fused-ring (bicyclic) bond motifs is 4. The lowest BCUT2D eigenvalue weighted by Crippen LogP contribution is -2.28. The predicted molar refractivity (Wildman–Crippen MR) is 119 cm³/mol. The molecule has 1 aromatic carbocycles. The maximum Gasteiger partial charge on any atom is 0.251 e. The molecule has 0 saturated heterocycles. The number of carbonyl (C=O) groups is 1. The molecule has 0 aliphatic carbocycles. The van der Waals surface area contributed by atoms with Crippen molar-refractivity contribution >= 4 is 61.7 Å². The molecule has 0 saturated carbocycles. The summed E-state index contributed by atoms with van der Waals surface area (Å²) in [6.45, 7) is 2.53. The quantitative estimate of drug-likeness (QED) is 0.352. The third-order valence-electron chi connectivity index (χ3n) is 5.47. The summed E-state index contributed by atoms with van der Waals surface area (Å²) in [4.78, 5) is 22.2. The Morgan fingerprint density at radius 3 is 3.21 bits per heavy atom. The van der Waals surface area contributed by atoms with E-state index < -0.39 is 0 Å². The molecule has 1 amide bonds. The molecule has 0 fully saturated rings. The fourth-order valence-electron chi connectivity index (χ4n) is 4.12. The van der Waals surface area contributed by atoms with Crippen LogP contribution in [0.5, 0.6) is 5.75 Å². The lowest BCUT2D eigenvalue weighted by atomic mass is 9.97. The van der Waals surface area contributed by atoms with Crippen molar-refractivity contribution in [2.24, 2.45) is 0 Å². The molecule has 1 aliphatic heterocycles. The summed E-state index contributed by atoms with van der Waals surface area (Å²) in [6, 6.07) is 5.53. The number of carbonyl (C=O) groups excluding carboxylic acids is 1. The van der Waals surface area contributed by atoms with Crippen molar-refractivity contribution in [2.45, 2.75) is 12.8 Å². The second-order valence-electron chi connectivity index (χ2n) is 7.23. The van der Waals surface area contributed by atoms with E-state index in [-0.39, 0.29) is 17.6 Å². The Bertz CT molecular complexity index is 1290. The molecule has 2 N–H and O–H groups in total. The summed E-state index contributed by atoms with van der Waals surface area (Å²) in [5.74, 6) is 0.530. The van der Waals surface area contributed by atoms with Crippen molar-refractivity contribution in [3.8, 4) is 5.75 Å². The fraction of sp³-hybridized carbons (Fsp3) is 0.182. The van der Waals surface area contributed by atoms with Crippen LogP contribution in [0.4, 0.5) is 5.69 Å². The number of aryl methyl sites for hydroxylation is 1. The van der Waals surface area contributed by atoms with E-state index in [1.165, 1.54) is 11.3 Å². The van der Waals surface area contributed by atoms with E-state index in [1.54, 1.807) is 29.3 Å². The molecule has 0 spiro atoms. The van der Waals surface area contributed by atoms with Crippen LogP contribution in [0.1, 0.15) is 22.6 Å². The van der Waals surface area contributed by atoms with Gasteiger partial charge in [0.2, 0.25) is 0 Å². The third kappa shape index (κ3) is 2.82. The SMILES string of the molecule is Cc1csc2c(O)cc3c(c12)[C@H](CCl)CN3C(=O)C=Cc1c[nH]c2ncccc12. The molecule has 7 heteroatoms. The second kappa shape index (κ2) is 6.90. The highest BCUT2D eigenvalue weighted by atomic mass is 35.5. The van der Waals surface area contributed by atoms with Gasteiger partial charge in [-0.3, -0.25) is 4.79 Å². The number of nitrogens with one attached hydrogen (secondary N) is 1. The minimum atomic E-state index is -0.135. The van der Waals surface area contributed by atoms with Gasteiger partial charge >= 0.3 is 0 Å². The van der Waals surface area contributed by atoms with Crippen LogP contribution in [0, 0.1) is 6.92 Å². The van der Waals surface area contributed by atoms with Gasteiger partial charge in [-0.2, -0.15) is 0 Å². The zero-order valence-corrected chi connectivity index (χ0v) is 17.2. The minimum Gasteiger partial charge on any atom is -0.506 e. The first-order valence-corrected chi connectivity index (χ1v) is 10.7. The fourth-order valence-corrected chi connectivity index (χ4v) is 5.35. The number of pyridine rings is 1. The maximum absolute atomic E-state index is 13.1. The molecule has 4 aromatic rings. The highest BCUT2D eigenvalue weighted by Crippen LogP contribution is 2.48. The first kappa shape index (κ1) is 18.2. The lowest BCUT2D eigenvalue weighted by Gasteiger charge is -2.16. The summed E-state index contributed by atoms with van der Waals surface area (Å²) in [6.07, 6.45) is 6.93. The van der Waals surface area contributed by atoms with E-state index in [0.717, 1.165) is 43.5 Å². The zero-order valence-electron chi connectivity index (χ0n) is 15.6. The molecular formula is C22H18ClN3O2S. The van der Waals surface area contributed by atoms with Gasteiger partial charge in [-0.15, -0.1) is 22.9 Å². The summed E-state index contributed by atoms with van der Waals surface area (Å²) < 4.78 is 0.854. The molecule has 0 radical (unpaired) electrons. The average molecular weight is 424 g/mol. The summed E-state index contributed by atoms with van der Waals surface area (Å²) in [7, 11) is 0. The first-order chi connectivity index (χ1) is 14.1. The van der Waals surface area contributed by atoms with Gasteiger partial charge in [-0.05, 0) is 41.6 Å². The van der Waals surface area contributed by atoms with Gasteiger partial charge in [0.15, 0.2) is 0 Å². The van der Waals surface area contributed by atoms with Gasteiger partial charge in [0, 0.05) is 59.2 Å². The molecule has 0 bridgehead atoms. The van der Waals surface area contributed by atoms with Crippen molar-refractivity contribution in [3.05, 3.63) is 58.7 Å². The molecular weight excluding hydrogens is 406 g/mol. The van der Waals surface area contributed by atoms with Crippen LogP contribution in [-0.4, -0.2) is 33.4 Å². The number of aromatic nitrogens is 2. The van der Waals surface area contributed by atoms with E-state index in [4.69, 9.17) is 11.6 Å². The van der Waals surface area contributed by atoms with E-state index in [1.807, 2.05) is 30.6 Å². The topological polar surface area (TPSA) is 69.2 Å². The Kier molecular flexibility index (Phi) is 4.33. The van der Waals surface area contributed by atoms with Gasteiger partial charge in [0.05, 0.1) is 10.4 Å². The van der Waals surface area contributed by atoms with Crippen molar-refractivity contribution in [1.82, 2.24) is 9.97 Å². The lowest BCUT2D eigenvalue weighted by molar-refractivity contribution is -0.114. The van der Waals surface area contributed by atoms with E-state index >= 15 is 0 Å². The van der Waals surface area contributed by atoms with Crippen molar-refractivity contribution in [1.29, 1.82) is 0 Å². The number of hydrogen-bond donors (Lipinski definition) is 2. The number of anilines is 1. The number of halogens is 1. The van der Waals surface area contributed by atoms with Crippen LogP contribution in [0.2, 0.25) is 0 Å². The summed E-state index contributed by atoms with van der Waals surface area (Å²) in [5.41, 5.74) is 4.60. The monoisotopic (exact) mass is 423 g/mol. The highest BCUT2D eigenvalue weighted by Gasteiger charge is 2.34. The van der Waals surface area contributed by atoms with Gasteiger partial charge in [0.1, 0.15) is 11.4 Å². The minimum absolute atomic E-state index is 0.0395. The highest BCUT2D eigenvalue weighted by molar-refractivity contribution is 7.17. The van der Waals surface area contributed by atoms with Crippen molar-refractivity contribution in [3.63, 3.8) is 0 Å². The van der Waals surface area contributed by atoms with Gasteiger partial charge in [-0.25, -0.2) is 4.98 Å². The summed E-state index contributed by atoms with van der Waals surface area (Å²) >= 11 is 7.78. The van der Waals surface area contributed by atoms with Crippen LogP contribution < -0.4 is 4.90 Å². The molecule has 1 atom stereocenters. The molecule has 5 nitrogen and oxygen atoms in total. The third-order valence-corrected chi connectivity index (χ3v) is 6.96. The smallest absolute Gasteiger partial charge is 0.251 e. The number of hydrogen-bond acceptors (Lipinski definition) is 4. The van der Waals surface area contributed by atoms with E-state index in [2.05, 4.69) is 9.97 Å². The second-order valence-corrected chi connectivity index (χ2v) is 8.42. The number of alkyl halides is 1. The average Bonchev–Trinajstić information content (AvgIpc) is 3.41. The Balaban J connectivity index is 1.54. The maximum atomic E-state index is 13.1. The van der Waals surface area contributed by atoms with Crippen LogP contribution >= 0.6 is 22.9 Å².